The first kappa shape index (κ1) is 16.3. The minimum atomic E-state index is -1.03. The van der Waals surface area contributed by atoms with Crippen LogP contribution in [0.3, 0.4) is 0 Å². The van der Waals surface area contributed by atoms with E-state index in [2.05, 4.69) is 20.4 Å². The summed E-state index contributed by atoms with van der Waals surface area (Å²) in [5.41, 5.74) is 2.16. The minimum Gasteiger partial charge on any atom is -0.477 e. The predicted octanol–water partition coefficient (Wildman–Crippen LogP) is 2.95. The summed E-state index contributed by atoms with van der Waals surface area (Å²) in [4.78, 5) is 19.9. The molecule has 0 fully saturated rings. The van der Waals surface area contributed by atoms with Crippen LogP contribution in [0.25, 0.3) is 0 Å². The molecule has 3 heterocycles. The number of aliphatic carboxylic acids is 1. The summed E-state index contributed by atoms with van der Waals surface area (Å²) in [5, 5.41) is 17.4. The molecule has 1 aliphatic rings. The van der Waals surface area contributed by atoms with Crippen molar-refractivity contribution in [3.63, 3.8) is 0 Å². The number of hydrogen-bond acceptors (Lipinski definition) is 6. The molecule has 7 nitrogen and oxygen atoms in total. The topological polar surface area (TPSA) is 92.9 Å². The second kappa shape index (κ2) is 7.01. The van der Waals surface area contributed by atoms with Gasteiger partial charge in [0.15, 0.2) is 0 Å². The Labute approximate surface area is 153 Å². The number of rotatable bonds is 5. The number of nitrogens with zero attached hydrogens (tertiary/aromatic N) is 4. The van der Waals surface area contributed by atoms with Gasteiger partial charge in [-0.25, -0.2) is 9.48 Å². The van der Waals surface area contributed by atoms with Crippen LogP contribution in [0.5, 0.6) is 0 Å². The first-order valence-corrected chi connectivity index (χ1v) is 8.94. The van der Waals surface area contributed by atoms with Crippen molar-refractivity contribution >= 4 is 23.7 Å². The third-order valence-corrected chi connectivity index (χ3v) is 4.84. The van der Waals surface area contributed by atoms with Crippen LogP contribution in [0.2, 0.25) is 0 Å². The molecule has 4 rings (SSSR count). The van der Waals surface area contributed by atoms with Gasteiger partial charge in [-0.05, 0) is 29.3 Å². The number of allylic oxidation sites excluding steroid dienone is 1. The Balaban J connectivity index is 1.63. The van der Waals surface area contributed by atoms with Gasteiger partial charge >= 0.3 is 5.97 Å². The van der Waals surface area contributed by atoms with Crippen LogP contribution in [0, 0.1) is 0 Å². The summed E-state index contributed by atoms with van der Waals surface area (Å²) in [6.07, 6.45) is 4.98. The zero-order valence-corrected chi connectivity index (χ0v) is 14.4. The Morgan fingerprint density at radius 1 is 1.19 bits per heavy atom. The van der Waals surface area contributed by atoms with E-state index in [9.17, 15) is 9.90 Å². The quantitative estimate of drug-likeness (QED) is 0.672. The van der Waals surface area contributed by atoms with E-state index in [-0.39, 0.29) is 11.7 Å². The number of thioether (sulfide) groups is 1. The van der Waals surface area contributed by atoms with Gasteiger partial charge in [-0.3, -0.25) is 4.98 Å². The Hall–Kier alpha value is -3.13. The van der Waals surface area contributed by atoms with Crippen LogP contribution >= 0.6 is 11.8 Å². The fourth-order valence-corrected chi connectivity index (χ4v) is 3.46. The van der Waals surface area contributed by atoms with Gasteiger partial charge in [-0.15, -0.1) is 5.10 Å². The molecule has 0 radical (unpaired) electrons. The average molecular weight is 365 g/mol. The maximum absolute atomic E-state index is 11.5. The van der Waals surface area contributed by atoms with Crippen molar-refractivity contribution in [3.8, 4) is 0 Å². The number of carboxylic acid groups (broad SMARTS) is 1. The highest BCUT2D eigenvalue weighted by Crippen LogP contribution is 2.31. The van der Waals surface area contributed by atoms with E-state index >= 15 is 0 Å². The van der Waals surface area contributed by atoms with Crippen molar-refractivity contribution in [3.05, 3.63) is 77.8 Å². The van der Waals surface area contributed by atoms with E-state index in [1.165, 1.54) is 17.3 Å². The Kier molecular flexibility index (Phi) is 4.40. The van der Waals surface area contributed by atoms with Crippen LogP contribution in [0.4, 0.5) is 5.95 Å². The Morgan fingerprint density at radius 3 is 2.69 bits per heavy atom. The van der Waals surface area contributed by atoms with Gasteiger partial charge in [-0.2, -0.15) is 4.98 Å². The van der Waals surface area contributed by atoms with Gasteiger partial charge in [0.1, 0.15) is 11.7 Å². The smallest absolute Gasteiger partial charge is 0.352 e. The number of anilines is 1. The zero-order valence-electron chi connectivity index (χ0n) is 13.6. The van der Waals surface area contributed by atoms with Gasteiger partial charge in [-0.1, -0.05) is 42.1 Å². The second-order valence-corrected chi connectivity index (χ2v) is 6.62. The molecular formula is C18H15N5O2S. The molecule has 2 N–H and O–H groups in total. The number of carboxylic acids is 1. The Morgan fingerprint density at radius 2 is 1.96 bits per heavy atom. The summed E-state index contributed by atoms with van der Waals surface area (Å²) < 4.78 is 1.70. The first-order valence-electron chi connectivity index (χ1n) is 7.96. The SMILES string of the molecule is O=C(O)C1=CC(c2ccncc2)n2nc(SCc3ccccc3)nc2N1. The van der Waals surface area contributed by atoms with E-state index in [1.807, 2.05) is 42.5 Å². The Bertz CT molecular complexity index is 956. The summed E-state index contributed by atoms with van der Waals surface area (Å²) in [6.45, 7) is 0. The predicted molar refractivity (Wildman–Crippen MR) is 97.7 cm³/mol. The van der Waals surface area contributed by atoms with Crippen LogP contribution in [0.15, 0.2) is 71.8 Å². The molecule has 0 spiro atoms. The highest BCUT2D eigenvalue weighted by Gasteiger charge is 2.27. The van der Waals surface area contributed by atoms with Gasteiger partial charge in [0.2, 0.25) is 11.1 Å². The molecule has 2 aromatic heterocycles. The van der Waals surface area contributed by atoms with Crippen molar-refractivity contribution < 1.29 is 9.90 Å². The number of carbonyl (C=O) groups is 1. The van der Waals surface area contributed by atoms with Crippen molar-refractivity contribution in [2.24, 2.45) is 0 Å². The zero-order chi connectivity index (χ0) is 17.9. The van der Waals surface area contributed by atoms with Crippen molar-refractivity contribution in [1.29, 1.82) is 0 Å². The standard InChI is InChI=1S/C18H15N5O2S/c24-16(25)14-10-15(13-6-8-19-9-7-13)23-17(20-14)21-18(22-23)26-11-12-4-2-1-3-5-12/h1-10,15H,11H2,(H,24,25)(H,20,21,22). The fraction of sp³-hybridized carbons (Fsp3) is 0.111. The number of benzene rings is 1. The molecule has 8 heteroatoms. The van der Waals surface area contributed by atoms with E-state index in [0.29, 0.717) is 11.1 Å². The van der Waals surface area contributed by atoms with Crippen LogP contribution in [0.1, 0.15) is 17.2 Å². The summed E-state index contributed by atoms with van der Waals surface area (Å²) in [5.74, 6) is 0.128. The molecule has 1 unspecified atom stereocenters. The van der Waals surface area contributed by atoms with E-state index in [4.69, 9.17) is 0 Å². The highest BCUT2D eigenvalue weighted by molar-refractivity contribution is 7.98. The number of aromatic nitrogens is 4. The monoisotopic (exact) mass is 365 g/mol. The van der Waals surface area contributed by atoms with Gasteiger partial charge < -0.3 is 10.4 Å². The summed E-state index contributed by atoms with van der Waals surface area (Å²) >= 11 is 1.51. The first-order chi connectivity index (χ1) is 12.7. The summed E-state index contributed by atoms with van der Waals surface area (Å²) in [7, 11) is 0. The average Bonchev–Trinajstić information content (AvgIpc) is 3.10. The number of hydrogen-bond donors (Lipinski definition) is 2. The molecule has 1 aliphatic heterocycles. The van der Waals surface area contributed by atoms with Crippen molar-refractivity contribution in [2.75, 3.05) is 5.32 Å². The lowest BCUT2D eigenvalue weighted by Crippen LogP contribution is -2.24. The lowest BCUT2D eigenvalue weighted by Gasteiger charge is -2.22. The summed E-state index contributed by atoms with van der Waals surface area (Å²) in [6, 6.07) is 13.4. The number of nitrogens with one attached hydrogen (secondary N) is 1. The molecule has 0 amide bonds. The molecule has 130 valence electrons. The van der Waals surface area contributed by atoms with Crippen LogP contribution in [-0.2, 0) is 10.5 Å². The molecule has 0 saturated carbocycles. The van der Waals surface area contributed by atoms with E-state index in [1.54, 1.807) is 23.2 Å². The largest absolute Gasteiger partial charge is 0.477 e. The van der Waals surface area contributed by atoms with Crippen molar-refractivity contribution in [2.45, 2.75) is 17.0 Å². The maximum atomic E-state index is 11.5. The van der Waals surface area contributed by atoms with Crippen molar-refractivity contribution in [1.82, 2.24) is 19.7 Å². The van der Waals surface area contributed by atoms with E-state index < -0.39 is 5.97 Å². The fourth-order valence-electron chi connectivity index (χ4n) is 2.68. The normalized spacial score (nSPS) is 15.7. The molecule has 26 heavy (non-hydrogen) atoms. The van der Waals surface area contributed by atoms with E-state index in [0.717, 1.165) is 11.3 Å². The lowest BCUT2D eigenvalue weighted by atomic mass is 10.1. The molecule has 0 aliphatic carbocycles. The highest BCUT2D eigenvalue weighted by atomic mass is 32.2. The lowest BCUT2D eigenvalue weighted by molar-refractivity contribution is -0.132. The maximum Gasteiger partial charge on any atom is 0.352 e. The number of fused-ring (bicyclic) bond motifs is 1. The van der Waals surface area contributed by atoms with Crippen LogP contribution < -0.4 is 5.32 Å². The molecule has 1 aromatic carbocycles. The molecular weight excluding hydrogens is 350 g/mol. The van der Waals surface area contributed by atoms with Gasteiger partial charge in [0.25, 0.3) is 0 Å². The molecule has 0 bridgehead atoms. The van der Waals surface area contributed by atoms with Gasteiger partial charge in [0, 0.05) is 18.1 Å². The van der Waals surface area contributed by atoms with Gasteiger partial charge in [0.05, 0.1) is 0 Å². The second-order valence-electron chi connectivity index (χ2n) is 5.67. The molecule has 3 aromatic rings. The third-order valence-electron chi connectivity index (χ3n) is 3.94. The third kappa shape index (κ3) is 3.31. The molecule has 0 saturated heterocycles. The number of pyridine rings is 1. The van der Waals surface area contributed by atoms with Crippen LogP contribution in [-0.4, -0.2) is 30.8 Å². The minimum absolute atomic E-state index is 0.0892. The molecule has 1 atom stereocenters.